The smallest absolute Gasteiger partial charge is 0.109 e. The molecule has 3 heterocycles. The van der Waals surface area contributed by atoms with Gasteiger partial charge in [-0.2, -0.15) is 0 Å². The van der Waals surface area contributed by atoms with Crippen molar-refractivity contribution in [2.24, 2.45) is 5.92 Å². The predicted octanol–water partition coefficient (Wildman–Crippen LogP) is 2.92. The van der Waals surface area contributed by atoms with Gasteiger partial charge in [-0.25, -0.2) is 0 Å². The molecule has 1 spiro atoms. The number of rotatable bonds is 1. The third-order valence-electron chi connectivity index (χ3n) is 4.76. The zero-order valence-electron chi connectivity index (χ0n) is 11.0. The minimum absolute atomic E-state index is 0.000361. The van der Waals surface area contributed by atoms with E-state index in [1.54, 1.807) is 0 Å². The Bertz CT molecular complexity index is 520. The number of hydrogen-bond acceptors (Lipinski definition) is 2. The summed E-state index contributed by atoms with van der Waals surface area (Å²) >= 11 is 0. The molecule has 0 N–H and O–H groups in total. The first-order valence-electron chi connectivity index (χ1n) is 6.81. The molecule has 2 bridgehead atoms. The lowest BCUT2D eigenvalue weighted by atomic mass is 9.82. The fourth-order valence-corrected chi connectivity index (χ4v) is 3.82. The van der Waals surface area contributed by atoms with E-state index in [1.165, 1.54) is 17.7 Å². The Morgan fingerprint density at radius 3 is 2.67 bits per heavy atom. The third kappa shape index (κ3) is 1.33. The molecule has 0 saturated carbocycles. The van der Waals surface area contributed by atoms with E-state index in [2.05, 4.69) is 55.2 Å². The van der Waals surface area contributed by atoms with E-state index < -0.39 is 0 Å². The van der Waals surface area contributed by atoms with Gasteiger partial charge < -0.3 is 9.64 Å². The van der Waals surface area contributed by atoms with Gasteiger partial charge in [0.25, 0.3) is 0 Å². The van der Waals surface area contributed by atoms with Gasteiger partial charge in [0.15, 0.2) is 0 Å². The molecule has 2 fully saturated rings. The Morgan fingerprint density at radius 1 is 1.22 bits per heavy atom. The van der Waals surface area contributed by atoms with Gasteiger partial charge in [-0.05, 0) is 32.4 Å². The maximum Gasteiger partial charge on any atom is 0.109 e. The normalized spacial score (nSPS) is 40.6. The van der Waals surface area contributed by atoms with Crippen LogP contribution in [0.2, 0.25) is 0 Å². The van der Waals surface area contributed by atoms with Crippen LogP contribution in [0.5, 0.6) is 0 Å². The topological polar surface area (TPSA) is 12.5 Å². The highest BCUT2D eigenvalue weighted by Crippen LogP contribution is 2.53. The van der Waals surface area contributed by atoms with E-state index >= 15 is 0 Å². The number of nitrogens with zero attached hydrogens (tertiary/aromatic N) is 1. The number of anilines is 1. The maximum absolute atomic E-state index is 6.29. The molecule has 94 valence electrons. The van der Waals surface area contributed by atoms with Gasteiger partial charge in [-0.3, -0.25) is 0 Å². The van der Waals surface area contributed by atoms with Crippen molar-refractivity contribution in [1.82, 2.24) is 0 Å². The molecule has 0 aliphatic carbocycles. The Kier molecular flexibility index (Phi) is 1.88. The lowest BCUT2D eigenvalue weighted by molar-refractivity contribution is -0.0172. The largest absolute Gasteiger partial charge is 0.368 e. The molecule has 2 saturated heterocycles. The van der Waals surface area contributed by atoms with Gasteiger partial charge in [0.1, 0.15) is 5.60 Å². The first kappa shape index (κ1) is 10.6. The fraction of sp³-hybridized carbons (Fsp3) is 0.500. The molecule has 1 aromatic carbocycles. The molecule has 0 radical (unpaired) electrons. The van der Waals surface area contributed by atoms with E-state index in [1.807, 2.05) is 0 Å². The van der Waals surface area contributed by atoms with Crippen molar-refractivity contribution in [2.75, 3.05) is 18.0 Å². The molecular formula is C16H19NO. The summed E-state index contributed by atoms with van der Waals surface area (Å²) in [6.45, 7) is 6.48. The molecule has 0 unspecified atom stereocenters. The summed E-state index contributed by atoms with van der Waals surface area (Å²) in [6.07, 6.45) is 5.75. The SMILES string of the molecule is Cc1ccc(N2C[C@@H]3C[C@]4(C)C=C[C@@]3(C2)O4)cc1. The first-order chi connectivity index (χ1) is 8.59. The Hall–Kier alpha value is -1.28. The molecule has 4 rings (SSSR count). The molecule has 3 aliphatic rings. The quantitative estimate of drug-likeness (QED) is 0.701. The number of benzene rings is 1. The van der Waals surface area contributed by atoms with E-state index in [-0.39, 0.29) is 11.2 Å². The third-order valence-corrected chi connectivity index (χ3v) is 4.76. The zero-order chi connectivity index (χ0) is 12.4. The van der Waals surface area contributed by atoms with Crippen LogP contribution in [-0.2, 0) is 4.74 Å². The standard InChI is InChI=1S/C16H19NO/c1-12-3-5-14(6-4-12)17-10-13-9-15(2)7-8-16(13,11-17)18-15/h3-8,13H,9-11H2,1-2H3/t13-,15-,16-/m0/s1. The van der Waals surface area contributed by atoms with E-state index in [0.717, 1.165) is 13.1 Å². The van der Waals surface area contributed by atoms with Crippen LogP contribution in [0.15, 0.2) is 36.4 Å². The summed E-state index contributed by atoms with van der Waals surface area (Å²) in [6, 6.07) is 8.84. The fourth-order valence-electron chi connectivity index (χ4n) is 3.82. The Morgan fingerprint density at radius 2 is 2.00 bits per heavy atom. The maximum atomic E-state index is 6.29. The monoisotopic (exact) mass is 241 g/mol. The van der Waals surface area contributed by atoms with Crippen LogP contribution >= 0.6 is 0 Å². The van der Waals surface area contributed by atoms with E-state index in [4.69, 9.17) is 4.74 Å². The zero-order valence-corrected chi connectivity index (χ0v) is 11.0. The van der Waals surface area contributed by atoms with Crippen molar-refractivity contribution < 1.29 is 4.74 Å². The molecule has 1 aromatic rings. The van der Waals surface area contributed by atoms with Crippen molar-refractivity contribution in [3.05, 3.63) is 42.0 Å². The van der Waals surface area contributed by atoms with Crippen LogP contribution in [0, 0.1) is 12.8 Å². The highest BCUT2D eigenvalue weighted by molar-refractivity contribution is 5.51. The first-order valence-corrected chi connectivity index (χ1v) is 6.81. The molecule has 0 aromatic heterocycles. The summed E-state index contributed by atoms with van der Waals surface area (Å²) in [5.41, 5.74) is 2.67. The molecular weight excluding hydrogens is 222 g/mol. The molecule has 3 aliphatic heterocycles. The lowest BCUT2D eigenvalue weighted by Crippen LogP contribution is -2.33. The van der Waals surface area contributed by atoms with Crippen molar-refractivity contribution in [3.63, 3.8) is 0 Å². The summed E-state index contributed by atoms with van der Waals surface area (Å²) < 4.78 is 6.29. The van der Waals surface area contributed by atoms with Gasteiger partial charge >= 0.3 is 0 Å². The van der Waals surface area contributed by atoms with Crippen molar-refractivity contribution >= 4 is 5.69 Å². The van der Waals surface area contributed by atoms with Crippen LogP contribution in [0.3, 0.4) is 0 Å². The highest BCUT2D eigenvalue weighted by atomic mass is 16.5. The van der Waals surface area contributed by atoms with Crippen molar-refractivity contribution in [2.45, 2.75) is 31.5 Å². The van der Waals surface area contributed by atoms with Gasteiger partial charge in [0.05, 0.1) is 12.1 Å². The molecule has 2 nitrogen and oxygen atoms in total. The van der Waals surface area contributed by atoms with Crippen molar-refractivity contribution in [1.29, 1.82) is 0 Å². The van der Waals surface area contributed by atoms with Crippen LogP contribution in [0.25, 0.3) is 0 Å². The number of hydrogen-bond donors (Lipinski definition) is 0. The second-order valence-corrected chi connectivity index (χ2v) is 6.32. The second-order valence-electron chi connectivity index (χ2n) is 6.32. The molecule has 3 atom stereocenters. The Balaban J connectivity index is 1.62. The summed E-state index contributed by atoms with van der Waals surface area (Å²) in [5.74, 6) is 0.661. The lowest BCUT2D eigenvalue weighted by Gasteiger charge is -2.25. The van der Waals surface area contributed by atoms with Crippen LogP contribution in [-0.4, -0.2) is 24.3 Å². The number of fused-ring (bicyclic) bond motifs is 1. The van der Waals surface area contributed by atoms with Gasteiger partial charge in [0, 0.05) is 18.2 Å². The summed E-state index contributed by atoms with van der Waals surface area (Å²) in [7, 11) is 0. The van der Waals surface area contributed by atoms with Gasteiger partial charge in [-0.15, -0.1) is 0 Å². The van der Waals surface area contributed by atoms with Crippen LogP contribution < -0.4 is 4.90 Å². The minimum Gasteiger partial charge on any atom is -0.368 e. The van der Waals surface area contributed by atoms with Crippen LogP contribution in [0.4, 0.5) is 5.69 Å². The highest BCUT2D eigenvalue weighted by Gasteiger charge is 2.59. The van der Waals surface area contributed by atoms with Gasteiger partial charge in [-0.1, -0.05) is 29.8 Å². The number of ether oxygens (including phenoxy) is 1. The van der Waals surface area contributed by atoms with E-state index in [0.29, 0.717) is 5.92 Å². The predicted molar refractivity (Wildman–Crippen MR) is 72.9 cm³/mol. The Labute approximate surface area is 108 Å². The second kappa shape index (κ2) is 3.18. The average molecular weight is 241 g/mol. The van der Waals surface area contributed by atoms with Crippen LogP contribution in [0.1, 0.15) is 18.9 Å². The summed E-state index contributed by atoms with van der Waals surface area (Å²) in [4.78, 5) is 2.47. The van der Waals surface area contributed by atoms with Gasteiger partial charge in [0.2, 0.25) is 0 Å². The average Bonchev–Trinajstić information content (AvgIpc) is 2.91. The van der Waals surface area contributed by atoms with Crippen molar-refractivity contribution in [3.8, 4) is 0 Å². The molecule has 2 heteroatoms. The summed E-state index contributed by atoms with van der Waals surface area (Å²) in [5, 5.41) is 0. The molecule has 0 amide bonds. The number of aryl methyl sites for hydroxylation is 1. The van der Waals surface area contributed by atoms with E-state index in [9.17, 15) is 0 Å². The molecule has 18 heavy (non-hydrogen) atoms. The minimum atomic E-state index is -0.000361.